The first-order valence-electron chi connectivity index (χ1n) is 4.66. The summed E-state index contributed by atoms with van der Waals surface area (Å²) in [6.07, 6.45) is 0. The van der Waals surface area contributed by atoms with Gasteiger partial charge in [0.25, 0.3) is 0 Å². The number of nitrogens with one attached hydrogen (secondary N) is 1. The van der Waals surface area contributed by atoms with Gasteiger partial charge in [-0.2, -0.15) is 0 Å². The van der Waals surface area contributed by atoms with Crippen LogP contribution in [0.15, 0.2) is 5.51 Å². The van der Waals surface area contributed by atoms with Crippen molar-refractivity contribution >= 4 is 17.2 Å². The molecule has 3 N–H and O–H groups in total. The lowest BCUT2D eigenvalue weighted by Crippen LogP contribution is -2.23. The van der Waals surface area contributed by atoms with Crippen LogP contribution in [0.1, 0.15) is 10.6 Å². The molecule has 1 aromatic heterocycles. The second kappa shape index (κ2) is 6.49. The Morgan fingerprint density at radius 3 is 3.13 bits per heavy atom. The van der Waals surface area contributed by atoms with E-state index in [2.05, 4.69) is 10.3 Å². The number of aromatic nitrogens is 1. The van der Waals surface area contributed by atoms with Crippen LogP contribution in [0.5, 0.6) is 0 Å². The van der Waals surface area contributed by atoms with Gasteiger partial charge in [0.2, 0.25) is 5.91 Å². The van der Waals surface area contributed by atoms with E-state index in [0.29, 0.717) is 13.2 Å². The molecule has 5 nitrogen and oxygen atoms in total. The third kappa shape index (κ3) is 4.87. The molecule has 1 aromatic rings. The average Bonchev–Trinajstić information content (AvgIpc) is 2.57. The lowest BCUT2D eigenvalue weighted by molar-refractivity contribution is -0.122. The fourth-order valence-corrected chi connectivity index (χ4v) is 1.76. The maximum Gasteiger partial charge on any atom is 0.243 e. The Kier molecular flexibility index (Phi) is 5.23. The van der Waals surface area contributed by atoms with E-state index in [4.69, 9.17) is 10.5 Å². The van der Waals surface area contributed by atoms with Crippen LogP contribution < -0.4 is 11.1 Å². The molecule has 0 bridgehead atoms. The summed E-state index contributed by atoms with van der Waals surface area (Å²) in [7, 11) is 0. The number of ether oxygens (including phenoxy) is 1. The summed E-state index contributed by atoms with van der Waals surface area (Å²) in [4.78, 5) is 15.7. The van der Waals surface area contributed by atoms with Crippen molar-refractivity contribution in [3.05, 3.63) is 16.1 Å². The summed E-state index contributed by atoms with van der Waals surface area (Å²) in [6.45, 7) is 3.94. The van der Waals surface area contributed by atoms with Crippen LogP contribution in [0, 0.1) is 6.92 Å². The molecule has 1 heterocycles. The van der Waals surface area contributed by atoms with Gasteiger partial charge in [0.1, 0.15) is 6.61 Å². The Bertz CT molecular complexity index is 314. The monoisotopic (exact) mass is 229 g/mol. The highest BCUT2D eigenvalue weighted by Gasteiger charge is 1.99. The van der Waals surface area contributed by atoms with E-state index in [9.17, 15) is 4.79 Å². The standard InChI is InChI=1S/C9H15N3O2S/c1-7-8(15-6-12-7)4-11-2-3-14-5-9(10)13/h6,11H,2-5H2,1H3,(H2,10,13). The van der Waals surface area contributed by atoms with Gasteiger partial charge in [-0.25, -0.2) is 4.98 Å². The lowest BCUT2D eigenvalue weighted by Gasteiger charge is -2.03. The predicted molar refractivity (Wildman–Crippen MR) is 58.6 cm³/mol. The van der Waals surface area contributed by atoms with Crippen LogP contribution in [0.3, 0.4) is 0 Å². The molecule has 84 valence electrons. The maximum absolute atomic E-state index is 10.3. The number of carbonyl (C=O) groups excluding carboxylic acids is 1. The zero-order valence-electron chi connectivity index (χ0n) is 8.66. The topological polar surface area (TPSA) is 77.2 Å². The maximum atomic E-state index is 10.3. The summed E-state index contributed by atoms with van der Waals surface area (Å²) in [5.74, 6) is -0.437. The Morgan fingerprint density at radius 1 is 1.73 bits per heavy atom. The minimum Gasteiger partial charge on any atom is -0.370 e. The molecule has 1 amide bonds. The largest absolute Gasteiger partial charge is 0.370 e. The molecule has 0 aliphatic carbocycles. The summed E-state index contributed by atoms with van der Waals surface area (Å²) >= 11 is 1.63. The van der Waals surface area contributed by atoms with E-state index < -0.39 is 5.91 Å². The summed E-state index contributed by atoms with van der Waals surface area (Å²) in [5, 5.41) is 3.20. The van der Waals surface area contributed by atoms with E-state index in [0.717, 1.165) is 12.2 Å². The average molecular weight is 229 g/mol. The molecule has 15 heavy (non-hydrogen) atoms. The fraction of sp³-hybridized carbons (Fsp3) is 0.556. The SMILES string of the molecule is Cc1ncsc1CNCCOCC(N)=O. The zero-order valence-corrected chi connectivity index (χ0v) is 9.47. The molecule has 0 spiro atoms. The predicted octanol–water partition coefficient (Wildman–Crippen LogP) is 0.0430. The first-order valence-corrected chi connectivity index (χ1v) is 5.54. The van der Waals surface area contributed by atoms with Crippen molar-refractivity contribution in [1.29, 1.82) is 0 Å². The van der Waals surface area contributed by atoms with Gasteiger partial charge in [0.05, 0.1) is 17.8 Å². The van der Waals surface area contributed by atoms with Gasteiger partial charge in [-0.05, 0) is 6.92 Å². The third-order valence-electron chi connectivity index (χ3n) is 1.80. The minimum atomic E-state index is -0.437. The molecule has 0 atom stereocenters. The highest BCUT2D eigenvalue weighted by molar-refractivity contribution is 7.09. The quantitative estimate of drug-likeness (QED) is 0.647. The fourth-order valence-electron chi connectivity index (χ4n) is 1.01. The summed E-state index contributed by atoms with van der Waals surface area (Å²) in [5.41, 5.74) is 7.80. The number of hydrogen-bond acceptors (Lipinski definition) is 5. The van der Waals surface area contributed by atoms with E-state index >= 15 is 0 Å². The van der Waals surface area contributed by atoms with Crippen molar-refractivity contribution in [2.75, 3.05) is 19.8 Å². The normalized spacial score (nSPS) is 10.5. The van der Waals surface area contributed by atoms with Gasteiger partial charge in [-0.15, -0.1) is 11.3 Å². The number of thiazole rings is 1. The first-order chi connectivity index (χ1) is 7.20. The van der Waals surface area contributed by atoms with Crippen LogP contribution in [-0.4, -0.2) is 30.6 Å². The summed E-state index contributed by atoms with van der Waals surface area (Å²) in [6, 6.07) is 0. The first kappa shape index (κ1) is 12.1. The van der Waals surface area contributed by atoms with E-state index in [1.54, 1.807) is 11.3 Å². The van der Waals surface area contributed by atoms with Crippen LogP contribution >= 0.6 is 11.3 Å². The molecule has 0 aliphatic heterocycles. The molecule has 1 rings (SSSR count). The van der Waals surface area contributed by atoms with Crippen molar-refractivity contribution in [3.8, 4) is 0 Å². The van der Waals surface area contributed by atoms with E-state index in [1.807, 2.05) is 12.4 Å². The number of nitrogens with zero attached hydrogens (tertiary/aromatic N) is 1. The highest BCUT2D eigenvalue weighted by atomic mass is 32.1. The third-order valence-corrected chi connectivity index (χ3v) is 2.73. The van der Waals surface area contributed by atoms with Gasteiger partial charge in [0, 0.05) is 18.0 Å². The lowest BCUT2D eigenvalue weighted by atomic mass is 10.4. The number of primary amides is 1. The van der Waals surface area contributed by atoms with Crippen LogP contribution in [0.25, 0.3) is 0 Å². The number of aryl methyl sites for hydroxylation is 1. The van der Waals surface area contributed by atoms with Crippen LogP contribution in [0.2, 0.25) is 0 Å². The number of rotatable bonds is 7. The zero-order chi connectivity index (χ0) is 11.1. The molecule has 0 aromatic carbocycles. The molecular weight excluding hydrogens is 214 g/mol. The molecule has 0 fully saturated rings. The number of nitrogens with two attached hydrogens (primary N) is 1. The van der Waals surface area contributed by atoms with Crippen LogP contribution in [0.4, 0.5) is 0 Å². The van der Waals surface area contributed by atoms with E-state index in [1.165, 1.54) is 4.88 Å². The van der Waals surface area contributed by atoms with Gasteiger partial charge in [-0.3, -0.25) is 4.79 Å². The van der Waals surface area contributed by atoms with Crippen molar-refractivity contribution in [3.63, 3.8) is 0 Å². The Labute approximate surface area is 92.6 Å². The molecule has 0 unspecified atom stereocenters. The van der Waals surface area contributed by atoms with Crippen molar-refractivity contribution in [1.82, 2.24) is 10.3 Å². The Morgan fingerprint density at radius 2 is 2.53 bits per heavy atom. The molecule has 0 saturated carbocycles. The van der Waals surface area contributed by atoms with Crippen molar-refractivity contribution in [2.45, 2.75) is 13.5 Å². The van der Waals surface area contributed by atoms with Crippen molar-refractivity contribution < 1.29 is 9.53 Å². The Hall–Kier alpha value is -0.980. The number of amides is 1. The summed E-state index contributed by atoms with van der Waals surface area (Å²) < 4.78 is 5.00. The van der Waals surface area contributed by atoms with Gasteiger partial charge < -0.3 is 15.8 Å². The second-order valence-corrected chi connectivity index (χ2v) is 4.00. The van der Waals surface area contributed by atoms with Crippen LogP contribution in [-0.2, 0) is 16.1 Å². The van der Waals surface area contributed by atoms with Gasteiger partial charge in [-0.1, -0.05) is 0 Å². The molecule has 0 saturated heterocycles. The van der Waals surface area contributed by atoms with Gasteiger partial charge >= 0.3 is 0 Å². The molecular formula is C9H15N3O2S. The smallest absolute Gasteiger partial charge is 0.243 e. The van der Waals surface area contributed by atoms with Crippen molar-refractivity contribution in [2.24, 2.45) is 5.73 Å². The van der Waals surface area contributed by atoms with Gasteiger partial charge in [0.15, 0.2) is 0 Å². The number of carbonyl (C=O) groups is 1. The van der Waals surface area contributed by atoms with E-state index in [-0.39, 0.29) is 6.61 Å². The number of hydrogen-bond donors (Lipinski definition) is 2. The second-order valence-electron chi connectivity index (χ2n) is 3.06. The molecule has 0 aliphatic rings. The Balaban J connectivity index is 2.03. The molecule has 0 radical (unpaired) electrons. The minimum absolute atomic E-state index is 0.0126. The highest BCUT2D eigenvalue weighted by Crippen LogP contribution is 2.10. The molecule has 6 heteroatoms.